The molecule has 1 amide bonds. The van der Waals surface area contributed by atoms with Crippen LogP contribution in [0.1, 0.15) is 56.0 Å². The number of ketones is 1. The van der Waals surface area contributed by atoms with Crippen LogP contribution < -0.4 is 10.1 Å². The summed E-state index contributed by atoms with van der Waals surface area (Å²) in [6.07, 6.45) is 3.27. The average Bonchev–Trinajstić information content (AvgIpc) is 2.45. The lowest BCUT2D eigenvalue weighted by atomic mass is 9.91. The Bertz CT molecular complexity index is 549. The van der Waals surface area contributed by atoms with Gasteiger partial charge in [0.1, 0.15) is 5.75 Å². The molecule has 0 spiro atoms. The fourth-order valence-corrected chi connectivity index (χ4v) is 2.36. The number of hydrogen-bond acceptors (Lipinski definition) is 3. The minimum Gasteiger partial charge on any atom is -0.484 e. The number of carbonyl (C=O) groups excluding carboxylic acids is 2. The lowest BCUT2D eigenvalue weighted by molar-refractivity contribution is -0.124. The van der Waals surface area contributed by atoms with E-state index in [1.807, 2.05) is 26.8 Å². The summed E-state index contributed by atoms with van der Waals surface area (Å²) in [6, 6.07) is 5.45. The Kier molecular flexibility index (Phi) is 4.66. The fourth-order valence-electron chi connectivity index (χ4n) is 2.36. The second kappa shape index (κ2) is 6.29. The zero-order valence-corrected chi connectivity index (χ0v) is 13.0. The van der Waals surface area contributed by atoms with Crippen LogP contribution in [-0.4, -0.2) is 23.8 Å². The van der Waals surface area contributed by atoms with Gasteiger partial charge < -0.3 is 10.1 Å². The summed E-state index contributed by atoms with van der Waals surface area (Å²) in [6.45, 7) is 5.99. The predicted molar refractivity (Wildman–Crippen MR) is 81.7 cm³/mol. The van der Waals surface area contributed by atoms with Gasteiger partial charge in [-0.1, -0.05) is 6.92 Å². The van der Waals surface area contributed by atoms with Gasteiger partial charge in [-0.25, -0.2) is 0 Å². The number of fused-ring (bicyclic) bond motifs is 1. The van der Waals surface area contributed by atoms with E-state index < -0.39 is 0 Å². The summed E-state index contributed by atoms with van der Waals surface area (Å²) in [7, 11) is 0. The van der Waals surface area contributed by atoms with E-state index in [1.165, 1.54) is 0 Å². The molecule has 4 heteroatoms. The molecule has 0 unspecified atom stereocenters. The number of aryl methyl sites for hydroxylation is 1. The van der Waals surface area contributed by atoms with Crippen molar-refractivity contribution in [3.63, 3.8) is 0 Å². The summed E-state index contributed by atoms with van der Waals surface area (Å²) < 4.78 is 5.54. The van der Waals surface area contributed by atoms with Crippen LogP contribution in [0, 0.1) is 0 Å². The van der Waals surface area contributed by atoms with E-state index in [2.05, 4.69) is 5.32 Å². The molecule has 4 nitrogen and oxygen atoms in total. The minimum absolute atomic E-state index is 0.00381. The molecule has 0 aliphatic heterocycles. The second-order valence-electron chi connectivity index (χ2n) is 6.17. The highest BCUT2D eigenvalue weighted by Gasteiger charge is 2.19. The standard InChI is InChI=1S/C17H23NO3/c1-4-17(2,3)18-16(20)11-21-13-8-9-14-12(10-13)6-5-7-15(14)19/h8-10H,4-7,11H2,1-3H3,(H,18,20). The third kappa shape index (κ3) is 4.06. The SMILES string of the molecule is CCC(C)(C)NC(=O)COc1ccc2c(c1)CCCC2=O. The molecule has 1 aromatic carbocycles. The zero-order valence-electron chi connectivity index (χ0n) is 13.0. The number of Topliss-reactive ketones (excluding diaryl/α,β-unsaturated/α-hetero) is 1. The topological polar surface area (TPSA) is 55.4 Å². The van der Waals surface area contributed by atoms with E-state index in [0.717, 1.165) is 30.4 Å². The van der Waals surface area contributed by atoms with E-state index >= 15 is 0 Å². The van der Waals surface area contributed by atoms with Gasteiger partial charge in [-0.05, 0) is 56.9 Å². The lowest BCUT2D eigenvalue weighted by Gasteiger charge is -2.24. The van der Waals surface area contributed by atoms with Crippen molar-refractivity contribution < 1.29 is 14.3 Å². The van der Waals surface area contributed by atoms with E-state index in [-0.39, 0.29) is 23.8 Å². The first-order valence-corrected chi connectivity index (χ1v) is 7.51. The monoisotopic (exact) mass is 289 g/mol. The number of carbonyl (C=O) groups is 2. The second-order valence-corrected chi connectivity index (χ2v) is 6.17. The van der Waals surface area contributed by atoms with Crippen LogP contribution in [0.2, 0.25) is 0 Å². The highest BCUT2D eigenvalue weighted by atomic mass is 16.5. The van der Waals surface area contributed by atoms with Crippen LogP contribution in [0.4, 0.5) is 0 Å². The van der Waals surface area contributed by atoms with Gasteiger partial charge in [-0.3, -0.25) is 9.59 Å². The Morgan fingerprint density at radius 3 is 2.81 bits per heavy atom. The lowest BCUT2D eigenvalue weighted by Crippen LogP contribution is -2.44. The van der Waals surface area contributed by atoms with Gasteiger partial charge in [0.2, 0.25) is 0 Å². The van der Waals surface area contributed by atoms with Crippen LogP contribution in [0.25, 0.3) is 0 Å². The highest BCUT2D eigenvalue weighted by Crippen LogP contribution is 2.25. The third-order valence-electron chi connectivity index (χ3n) is 3.96. The molecule has 1 N–H and O–H groups in total. The van der Waals surface area contributed by atoms with E-state index in [0.29, 0.717) is 12.2 Å². The molecule has 21 heavy (non-hydrogen) atoms. The van der Waals surface area contributed by atoms with Gasteiger partial charge in [-0.15, -0.1) is 0 Å². The molecular weight excluding hydrogens is 266 g/mol. The molecule has 0 saturated carbocycles. The molecule has 0 radical (unpaired) electrons. The number of ether oxygens (including phenoxy) is 1. The first-order valence-electron chi connectivity index (χ1n) is 7.51. The number of amides is 1. The van der Waals surface area contributed by atoms with E-state index in [4.69, 9.17) is 4.74 Å². The van der Waals surface area contributed by atoms with E-state index in [1.54, 1.807) is 12.1 Å². The van der Waals surface area contributed by atoms with Crippen molar-refractivity contribution in [3.8, 4) is 5.75 Å². The van der Waals surface area contributed by atoms with Crippen molar-refractivity contribution in [1.82, 2.24) is 5.32 Å². The molecule has 0 aromatic heterocycles. The highest BCUT2D eigenvalue weighted by molar-refractivity contribution is 5.98. The molecule has 0 heterocycles. The molecule has 1 aliphatic carbocycles. The van der Waals surface area contributed by atoms with Gasteiger partial charge in [0.15, 0.2) is 12.4 Å². The van der Waals surface area contributed by atoms with Crippen LogP contribution in [0.5, 0.6) is 5.75 Å². The number of nitrogens with one attached hydrogen (secondary N) is 1. The van der Waals surface area contributed by atoms with Gasteiger partial charge in [-0.2, -0.15) is 0 Å². The number of hydrogen-bond donors (Lipinski definition) is 1. The Labute approximate surface area is 125 Å². The predicted octanol–water partition coefficient (Wildman–Crippen LogP) is 2.89. The van der Waals surface area contributed by atoms with Crippen molar-refractivity contribution in [2.24, 2.45) is 0 Å². The zero-order chi connectivity index (χ0) is 15.5. The van der Waals surface area contributed by atoms with Gasteiger partial charge in [0.25, 0.3) is 5.91 Å². The molecular formula is C17H23NO3. The largest absolute Gasteiger partial charge is 0.484 e. The van der Waals surface area contributed by atoms with Crippen molar-refractivity contribution in [2.45, 2.75) is 52.0 Å². The first-order chi connectivity index (χ1) is 9.91. The van der Waals surface area contributed by atoms with Gasteiger partial charge in [0.05, 0.1) is 0 Å². The molecule has 1 aliphatic rings. The number of rotatable bonds is 5. The Morgan fingerprint density at radius 2 is 2.10 bits per heavy atom. The number of benzene rings is 1. The third-order valence-corrected chi connectivity index (χ3v) is 3.96. The maximum atomic E-state index is 11.8. The molecule has 0 bridgehead atoms. The molecule has 0 saturated heterocycles. The Hall–Kier alpha value is -1.84. The maximum Gasteiger partial charge on any atom is 0.258 e. The van der Waals surface area contributed by atoms with Crippen molar-refractivity contribution in [1.29, 1.82) is 0 Å². The van der Waals surface area contributed by atoms with E-state index in [9.17, 15) is 9.59 Å². The Morgan fingerprint density at radius 1 is 1.33 bits per heavy atom. The average molecular weight is 289 g/mol. The van der Waals surface area contributed by atoms with Crippen LogP contribution in [0.15, 0.2) is 18.2 Å². The molecule has 2 rings (SSSR count). The van der Waals surface area contributed by atoms with Crippen LogP contribution >= 0.6 is 0 Å². The maximum absolute atomic E-state index is 11.8. The summed E-state index contributed by atoms with van der Waals surface area (Å²) in [5.41, 5.74) is 1.60. The smallest absolute Gasteiger partial charge is 0.258 e. The van der Waals surface area contributed by atoms with Crippen molar-refractivity contribution >= 4 is 11.7 Å². The summed E-state index contributed by atoms with van der Waals surface area (Å²) in [5.74, 6) is 0.716. The van der Waals surface area contributed by atoms with Crippen molar-refractivity contribution in [2.75, 3.05) is 6.61 Å². The molecule has 0 fully saturated rings. The van der Waals surface area contributed by atoms with Gasteiger partial charge in [0, 0.05) is 17.5 Å². The first kappa shape index (κ1) is 15.5. The minimum atomic E-state index is -0.220. The summed E-state index contributed by atoms with van der Waals surface area (Å²) in [4.78, 5) is 23.6. The van der Waals surface area contributed by atoms with Crippen LogP contribution in [0.3, 0.4) is 0 Å². The molecule has 1 aromatic rings. The summed E-state index contributed by atoms with van der Waals surface area (Å²) >= 11 is 0. The molecule has 114 valence electrons. The quantitative estimate of drug-likeness (QED) is 0.906. The van der Waals surface area contributed by atoms with Crippen LogP contribution in [-0.2, 0) is 11.2 Å². The van der Waals surface area contributed by atoms with Crippen molar-refractivity contribution in [3.05, 3.63) is 29.3 Å². The molecule has 0 atom stereocenters. The normalized spacial score (nSPS) is 14.5. The fraction of sp³-hybridized carbons (Fsp3) is 0.529. The van der Waals surface area contributed by atoms with Gasteiger partial charge >= 0.3 is 0 Å². The Balaban J connectivity index is 1.95. The summed E-state index contributed by atoms with van der Waals surface area (Å²) in [5, 5.41) is 2.93.